The van der Waals surface area contributed by atoms with E-state index in [0.717, 1.165) is 15.5 Å². The molecule has 1 aliphatic heterocycles. The van der Waals surface area contributed by atoms with Crippen LogP contribution in [0.2, 0.25) is 0 Å². The van der Waals surface area contributed by atoms with Gasteiger partial charge in [-0.05, 0) is 54.7 Å². The molecule has 2 nitrogen and oxygen atoms in total. The van der Waals surface area contributed by atoms with Crippen LogP contribution in [0.4, 0.5) is 13.2 Å². The lowest BCUT2D eigenvalue weighted by molar-refractivity contribution is -0.137. The van der Waals surface area contributed by atoms with Crippen LogP contribution in [0.15, 0.2) is 34.1 Å². The second kappa shape index (κ2) is 5.39. The number of H-pyrrole nitrogens is 1. The zero-order valence-electron chi connectivity index (χ0n) is 13.2. The number of alkyl halides is 3. The second-order valence-electron chi connectivity index (χ2n) is 7.30. The molecule has 5 atom stereocenters. The first-order valence-corrected chi connectivity index (χ1v) is 10.2. The molecule has 2 bridgehead atoms. The number of aromatic nitrogens is 1. The zero-order chi connectivity index (χ0) is 17.3. The van der Waals surface area contributed by atoms with Gasteiger partial charge in [0.1, 0.15) is 0 Å². The normalized spacial score (nSPS) is 33.3. The van der Waals surface area contributed by atoms with Gasteiger partial charge in [0, 0.05) is 16.0 Å². The van der Waals surface area contributed by atoms with E-state index in [4.69, 9.17) is 0 Å². The van der Waals surface area contributed by atoms with Crippen LogP contribution in [0.1, 0.15) is 41.2 Å². The van der Waals surface area contributed by atoms with E-state index in [1.807, 2.05) is 0 Å². The van der Waals surface area contributed by atoms with Crippen molar-refractivity contribution in [3.63, 3.8) is 0 Å². The van der Waals surface area contributed by atoms with Gasteiger partial charge in [-0.25, -0.2) is 0 Å². The van der Waals surface area contributed by atoms with Crippen molar-refractivity contribution in [2.45, 2.75) is 41.6 Å². The first-order valence-electron chi connectivity index (χ1n) is 8.48. The maximum atomic E-state index is 12.9. The van der Waals surface area contributed by atoms with Crippen molar-refractivity contribution in [3.8, 4) is 0 Å². The zero-order valence-corrected chi connectivity index (χ0v) is 14.8. The highest BCUT2D eigenvalue weighted by atomic mass is 32.2. The number of thiazole rings is 1. The minimum Gasteiger partial charge on any atom is -0.307 e. The van der Waals surface area contributed by atoms with Crippen LogP contribution in [0.5, 0.6) is 0 Å². The Labute approximate surface area is 150 Å². The van der Waals surface area contributed by atoms with Crippen LogP contribution in [0.25, 0.3) is 0 Å². The summed E-state index contributed by atoms with van der Waals surface area (Å²) in [5, 5.41) is 1.41. The van der Waals surface area contributed by atoms with Gasteiger partial charge in [-0.1, -0.05) is 23.5 Å². The number of halogens is 3. The van der Waals surface area contributed by atoms with Crippen molar-refractivity contribution >= 4 is 23.1 Å². The Bertz CT molecular complexity index is 870. The van der Waals surface area contributed by atoms with Gasteiger partial charge in [-0.15, -0.1) is 11.8 Å². The number of rotatable bonds is 1. The van der Waals surface area contributed by atoms with E-state index in [1.165, 1.54) is 42.7 Å². The van der Waals surface area contributed by atoms with Gasteiger partial charge in [-0.2, -0.15) is 13.2 Å². The van der Waals surface area contributed by atoms with Crippen LogP contribution >= 0.6 is 23.1 Å². The highest BCUT2D eigenvalue weighted by molar-refractivity contribution is 8.00. The maximum absolute atomic E-state index is 12.9. The molecule has 2 aliphatic carbocycles. The van der Waals surface area contributed by atoms with Crippen molar-refractivity contribution in [2.24, 2.45) is 17.8 Å². The molecule has 1 N–H and O–H groups in total. The maximum Gasteiger partial charge on any atom is 0.416 e. The summed E-state index contributed by atoms with van der Waals surface area (Å²) in [4.78, 5) is 15.8. The average Bonchev–Trinajstić information content (AvgIpc) is 3.25. The van der Waals surface area contributed by atoms with Crippen molar-refractivity contribution < 1.29 is 13.2 Å². The fraction of sp³-hybridized carbons (Fsp3) is 0.500. The van der Waals surface area contributed by atoms with Crippen molar-refractivity contribution in [2.75, 3.05) is 0 Å². The van der Waals surface area contributed by atoms with E-state index < -0.39 is 11.7 Å². The van der Waals surface area contributed by atoms with Gasteiger partial charge in [0.05, 0.1) is 10.6 Å². The highest BCUT2D eigenvalue weighted by Crippen LogP contribution is 2.63. The quantitative estimate of drug-likeness (QED) is 0.742. The summed E-state index contributed by atoms with van der Waals surface area (Å²) in [6.07, 6.45) is -0.654. The third-order valence-corrected chi connectivity index (χ3v) is 8.69. The third kappa shape index (κ3) is 2.42. The van der Waals surface area contributed by atoms with E-state index in [1.54, 1.807) is 23.9 Å². The molecule has 0 amide bonds. The topological polar surface area (TPSA) is 32.9 Å². The molecule has 0 spiro atoms. The summed E-state index contributed by atoms with van der Waals surface area (Å²) < 4.78 is 38.7. The summed E-state index contributed by atoms with van der Waals surface area (Å²) in [6.45, 7) is 0. The van der Waals surface area contributed by atoms with Crippen LogP contribution in [-0.2, 0) is 6.18 Å². The number of thioether (sulfide) groups is 1. The second-order valence-corrected chi connectivity index (χ2v) is 9.50. The van der Waals surface area contributed by atoms with Crippen molar-refractivity contribution in [1.29, 1.82) is 0 Å². The summed E-state index contributed by atoms with van der Waals surface area (Å²) in [5.41, 5.74) is 0.292. The Hall–Kier alpha value is -1.21. The number of fused-ring (bicyclic) bond motifs is 6. The summed E-state index contributed by atoms with van der Waals surface area (Å²) >= 11 is 3.02. The Morgan fingerprint density at radius 2 is 1.80 bits per heavy atom. The monoisotopic (exact) mass is 383 g/mol. The molecule has 132 valence electrons. The predicted octanol–water partition coefficient (Wildman–Crippen LogP) is 5.11. The molecule has 0 radical (unpaired) electrons. The summed E-state index contributed by atoms with van der Waals surface area (Å²) in [5.74, 6) is 1.77. The van der Waals surface area contributed by atoms with Gasteiger partial charge in [0.2, 0.25) is 0 Å². The van der Waals surface area contributed by atoms with Crippen LogP contribution < -0.4 is 4.87 Å². The Morgan fingerprint density at radius 1 is 1.08 bits per heavy atom. The summed E-state index contributed by atoms with van der Waals surface area (Å²) in [7, 11) is 0. The molecule has 5 rings (SSSR count). The molecule has 1 aromatic heterocycles. The van der Waals surface area contributed by atoms with Crippen LogP contribution in [-0.4, -0.2) is 10.2 Å². The number of nitrogens with one attached hydrogen (secondary N) is 1. The van der Waals surface area contributed by atoms with Crippen LogP contribution in [0, 0.1) is 17.8 Å². The number of aromatic amines is 1. The van der Waals surface area contributed by atoms with E-state index in [-0.39, 0.29) is 10.8 Å². The Morgan fingerprint density at radius 3 is 2.52 bits per heavy atom. The molecule has 25 heavy (non-hydrogen) atoms. The first kappa shape index (κ1) is 16.0. The fourth-order valence-electron chi connectivity index (χ4n) is 5.10. The molecule has 2 aromatic rings. The molecule has 2 fully saturated rings. The molecular formula is C18H16F3NOS2. The van der Waals surface area contributed by atoms with Crippen molar-refractivity contribution in [3.05, 3.63) is 49.9 Å². The first-order chi connectivity index (χ1) is 11.9. The van der Waals surface area contributed by atoms with E-state index in [0.29, 0.717) is 23.0 Å². The smallest absolute Gasteiger partial charge is 0.307 e. The van der Waals surface area contributed by atoms with E-state index in [9.17, 15) is 18.0 Å². The number of hydrogen-bond acceptors (Lipinski definition) is 3. The van der Waals surface area contributed by atoms with Crippen molar-refractivity contribution in [1.82, 2.24) is 4.98 Å². The molecule has 2 heterocycles. The molecular weight excluding hydrogens is 367 g/mol. The standard InChI is InChI=1S/C18H16F3NOS2/c19-18(20,21)11-5-3-8(4-6-11)12-13-9-1-2-10(7-9)14(13)24-16-15(12)25-17(23)22-16/h3-6,9-10,12-14H,1-2,7H2,(H,22,23)/t9-,10+,12+,13+,14+/m1/s1. The molecule has 2 saturated carbocycles. The number of hydrogen-bond donors (Lipinski definition) is 1. The lowest BCUT2D eigenvalue weighted by atomic mass is 9.75. The predicted molar refractivity (Wildman–Crippen MR) is 92.2 cm³/mol. The van der Waals surface area contributed by atoms with E-state index >= 15 is 0 Å². The van der Waals surface area contributed by atoms with Gasteiger partial charge < -0.3 is 4.98 Å². The fourth-order valence-corrected chi connectivity index (χ4v) is 8.00. The number of benzene rings is 1. The largest absolute Gasteiger partial charge is 0.416 e. The molecule has 3 aliphatic rings. The minimum atomic E-state index is -4.32. The van der Waals surface area contributed by atoms with Gasteiger partial charge in [-0.3, -0.25) is 4.79 Å². The SMILES string of the molecule is O=c1[nH]c2c(s1)[C@@H](c1ccc(C(F)(F)F)cc1)[C@@H]1[C@@H]3CC[C@@H](C3)[C@@H]1S2. The Kier molecular flexibility index (Phi) is 3.45. The van der Waals surface area contributed by atoms with Gasteiger partial charge >= 0.3 is 11.0 Å². The molecule has 7 heteroatoms. The third-order valence-electron chi connectivity index (χ3n) is 6.06. The van der Waals surface area contributed by atoms with Gasteiger partial charge in [0.25, 0.3) is 0 Å². The van der Waals surface area contributed by atoms with Crippen LogP contribution in [0.3, 0.4) is 0 Å². The highest BCUT2D eigenvalue weighted by Gasteiger charge is 2.54. The Balaban J connectivity index is 1.61. The lowest BCUT2D eigenvalue weighted by Gasteiger charge is -2.40. The molecule has 0 unspecified atom stereocenters. The molecule has 0 saturated heterocycles. The average molecular weight is 383 g/mol. The van der Waals surface area contributed by atoms with E-state index in [2.05, 4.69) is 4.98 Å². The lowest BCUT2D eigenvalue weighted by Crippen LogP contribution is -2.33. The summed E-state index contributed by atoms with van der Waals surface area (Å²) in [6, 6.07) is 5.57. The molecule has 1 aromatic carbocycles. The van der Waals surface area contributed by atoms with Gasteiger partial charge in [0.15, 0.2) is 0 Å². The minimum absolute atomic E-state index is 0.0442.